The molecule has 5 rings (SSSR count). The number of fused-ring (bicyclic) bond motifs is 2. The standard InChI is InChI=1S/C26H22BrNO4/c1-17-25(30-12-11-18-5-3-2-4-6-18)22-14-20(27)8-9-21(22)26(29)28(17)15-19-7-10-23-24(13-19)32-16-31-23/h2-10,13-14H,11-12,15-16H2,1H3. The Morgan fingerprint density at radius 2 is 1.75 bits per heavy atom. The minimum absolute atomic E-state index is 0.0434. The largest absolute Gasteiger partial charge is 0.491 e. The van der Waals surface area contributed by atoms with Gasteiger partial charge in [-0.15, -0.1) is 0 Å². The highest BCUT2D eigenvalue weighted by Crippen LogP contribution is 2.34. The van der Waals surface area contributed by atoms with Gasteiger partial charge in [-0.1, -0.05) is 52.3 Å². The second-order valence-corrected chi connectivity index (χ2v) is 8.68. The van der Waals surface area contributed by atoms with Crippen molar-refractivity contribution in [2.24, 2.45) is 0 Å². The van der Waals surface area contributed by atoms with Crippen LogP contribution in [0.25, 0.3) is 10.8 Å². The molecule has 1 aliphatic rings. The summed E-state index contributed by atoms with van der Waals surface area (Å²) in [5, 5.41) is 1.45. The van der Waals surface area contributed by atoms with Crippen molar-refractivity contribution in [2.75, 3.05) is 13.4 Å². The van der Waals surface area contributed by atoms with Gasteiger partial charge in [0.05, 0.1) is 24.2 Å². The van der Waals surface area contributed by atoms with Crippen LogP contribution in [0.15, 0.2) is 76.0 Å². The van der Waals surface area contributed by atoms with Gasteiger partial charge in [-0.3, -0.25) is 4.79 Å². The molecule has 1 aliphatic heterocycles. The van der Waals surface area contributed by atoms with E-state index in [4.69, 9.17) is 14.2 Å². The highest BCUT2D eigenvalue weighted by Gasteiger charge is 2.18. The van der Waals surface area contributed by atoms with E-state index in [9.17, 15) is 4.79 Å². The minimum Gasteiger partial charge on any atom is -0.491 e. The maximum atomic E-state index is 13.4. The number of nitrogens with zero attached hydrogens (tertiary/aromatic N) is 1. The first-order valence-corrected chi connectivity index (χ1v) is 11.3. The molecule has 1 aromatic heterocycles. The summed E-state index contributed by atoms with van der Waals surface area (Å²) in [5.41, 5.74) is 2.93. The fraction of sp³-hybridized carbons (Fsp3) is 0.192. The molecule has 0 fully saturated rings. The van der Waals surface area contributed by atoms with Gasteiger partial charge in [-0.25, -0.2) is 0 Å². The SMILES string of the molecule is Cc1c(OCCc2ccccc2)c2cc(Br)ccc2c(=O)n1Cc1ccc2c(c1)OCO2. The van der Waals surface area contributed by atoms with Gasteiger partial charge in [0.15, 0.2) is 11.5 Å². The third-order valence-electron chi connectivity index (χ3n) is 5.69. The van der Waals surface area contributed by atoms with Gasteiger partial charge in [-0.05, 0) is 48.4 Å². The first-order chi connectivity index (χ1) is 15.6. The summed E-state index contributed by atoms with van der Waals surface area (Å²) in [6, 6.07) is 21.7. The third-order valence-corrected chi connectivity index (χ3v) is 6.19. The number of benzene rings is 3. The van der Waals surface area contributed by atoms with Crippen molar-refractivity contribution in [3.63, 3.8) is 0 Å². The Morgan fingerprint density at radius 1 is 0.938 bits per heavy atom. The summed E-state index contributed by atoms with van der Waals surface area (Å²) in [6.07, 6.45) is 0.789. The van der Waals surface area contributed by atoms with Gasteiger partial charge in [-0.2, -0.15) is 0 Å². The number of pyridine rings is 1. The first-order valence-electron chi connectivity index (χ1n) is 10.5. The van der Waals surface area contributed by atoms with Gasteiger partial charge < -0.3 is 18.8 Å². The van der Waals surface area contributed by atoms with Crippen molar-refractivity contribution in [1.29, 1.82) is 0 Å². The predicted octanol–water partition coefficient (Wildman–Crippen LogP) is 5.47. The van der Waals surface area contributed by atoms with Crippen LogP contribution in [0.3, 0.4) is 0 Å². The van der Waals surface area contributed by atoms with Gasteiger partial charge in [0.25, 0.3) is 5.56 Å². The molecule has 0 unspecified atom stereocenters. The lowest BCUT2D eigenvalue weighted by Gasteiger charge is -2.18. The Labute approximate surface area is 194 Å². The zero-order chi connectivity index (χ0) is 22.1. The van der Waals surface area contributed by atoms with Crippen molar-refractivity contribution in [1.82, 2.24) is 4.57 Å². The monoisotopic (exact) mass is 491 g/mol. The molecule has 0 saturated heterocycles. The normalized spacial score (nSPS) is 12.3. The molecular weight excluding hydrogens is 470 g/mol. The maximum absolute atomic E-state index is 13.4. The molecule has 2 heterocycles. The van der Waals surface area contributed by atoms with E-state index in [-0.39, 0.29) is 12.4 Å². The summed E-state index contributed by atoms with van der Waals surface area (Å²) < 4.78 is 19.9. The number of hydrogen-bond donors (Lipinski definition) is 0. The van der Waals surface area contributed by atoms with Crippen molar-refractivity contribution in [2.45, 2.75) is 19.9 Å². The molecule has 3 aromatic carbocycles. The average molecular weight is 492 g/mol. The number of aromatic nitrogens is 1. The molecule has 32 heavy (non-hydrogen) atoms. The Bertz CT molecular complexity index is 1350. The van der Waals surface area contributed by atoms with Gasteiger partial charge in [0.2, 0.25) is 6.79 Å². The number of halogens is 1. The molecule has 0 spiro atoms. The number of hydrogen-bond acceptors (Lipinski definition) is 4. The maximum Gasteiger partial charge on any atom is 0.259 e. The van der Waals surface area contributed by atoms with Crippen LogP contribution in [-0.4, -0.2) is 18.0 Å². The van der Waals surface area contributed by atoms with E-state index < -0.39 is 0 Å². The van der Waals surface area contributed by atoms with E-state index in [0.717, 1.165) is 39.0 Å². The quantitative estimate of drug-likeness (QED) is 0.358. The summed E-state index contributed by atoms with van der Waals surface area (Å²) in [6.45, 7) is 3.10. The van der Waals surface area contributed by atoms with Crippen molar-refractivity contribution >= 4 is 26.7 Å². The first kappa shape index (κ1) is 20.6. The van der Waals surface area contributed by atoms with E-state index in [1.54, 1.807) is 4.57 Å². The molecule has 0 aliphatic carbocycles. The highest BCUT2D eigenvalue weighted by molar-refractivity contribution is 9.10. The molecule has 0 N–H and O–H groups in total. The molecule has 162 valence electrons. The minimum atomic E-state index is -0.0434. The molecule has 0 saturated carbocycles. The van der Waals surface area contributed by atoms with E-state index in [2.05, 4.69) is 28.1 Å². The van der Waals surface area contributed by atoms with E-state index in [0.29, 0.717) is 24.3 Å². The van der Waals surface area contributed by atoms with Crippen molar-refractivity contribution in [3.05, 3.63) is 98.4 Å². The lowest BCUT2D eigenvalue weighted by molar-refractivity contribution is 0.174. The zero-order valence-electron chi connectivity index (χ0n) is 17.6. The fourth-order valence-corrected chi connectivity index (χ4v) is 4.38. The second-order valence-electron chi connectivity index (χ2n) is 7.77. The third kappa shape index (κ3) is 3.98. The highest BCUT2D eigenvalue weighted by atomic mass is 79.9. The Balaban J connectivity index is 1.52. The van der Waals surface area contributed by atoms with Crippen LogP contribution in [0.1, 0.15) is 16.8 Å². The lowest BCUT2D eigenvalue weighted by Crippen LogP contribution is -2.24. The van der Waals surface area contributed by atoms with Crippen LogP contribution < -0.4 is 19.8 Å². The molecule has 0 atom stereocenters. The van der Waals surface area contributed by atoms with Crippen molar-refractivity contribution < 1.29 is 14.2 Å². The van der Waals surface area contributed by atoms with Crippen LogP contribution in [0, 0.1) is 6.92 Å². The molecule has 0 amide bonds. The summed E-state index contributed by atoms with van der Waals surface area (Å²) in [5.74, 6) is 2.17. The van der Waals surface area contributed by atoms with Crippen LogP contribution in [0.5, 0.6) is 17.2 Å². The van der Waals surface area contributed by atoms with Gasteiger partial charge in [0.1, 0.15) is 5.75 Å². The Morgan fingerprint density at radius 3 is 2.59 bits per heavy atom. The van der Waals surface area contributed by atoms with Crippen LogP contribution in [0.4, 0.5) is 0 Å². The lowest BCUT2D eigenvalue weighted by atomic mass is 10.1. The summed E-state index contributed by atoms with van der Waals surface area (Å²) in [7, 11) is 0. The molecule has 5 nitrogen and oxygen atoms in total. The second kappa shape index (κ2) is 8.71. The topological polar surface area (TPSA) is 49.7 Å². The Hall–Kier alpha value is -3.25. The summed E-state index contributed by atoms with van der Waals surface area (Å²) >= 11 is 3.53. The summed E-state index contributed by atoms with van der Waals surface area (Å²) in [4.78, 5) is 13.4. The number of ether oxygens (including phenoxy) is 3. The van der Waals surface area contributed by atoms with E-state index in [1.165, 1.54) is 5.56 Å². The smallest absolute Gasteiger partial charge is 0.259 e. The van der Waals surface area contributed by atoms with E-state index >= 15 is 0 Å². The molecule has 0 radical (unpaired) electrons. The Kier molecular flexibility index (Phi) is 5.62. The molecule has 4 aromatic rings. The predicted molar refractivity (Wildman–Crippen MR) is 128 cm³/mol. The van der Waals surface area contributed by atoms with E-state index in [1.807, 2.05) is 61.5 Å². The average Bonchev–Trinajstić information content (AvgIpc) is 3.27. The fourth-order valence-electron chi connectivity index (χ4n) is 4.02. The molecule has 6 heteroatoms. The van der Waals surface area contributed by atoms with Crippen molar-refractivity contribution in [3.8, 4) is 17.2 Å². The van der Waals surface area contributed by atoms with Crippen LogP contribution >= 0.6 is 15.9 Å². The number of rotatable bonds is 6. The zero-order valence-corrected chi connectivity index (χ0v) is 19.2. The van der Waals surface area contributed by atoms with Crippen LogP contribution in [0.2, 0.25) is 0 Å². The molecular formula is C26H22BrNO4. The van der Waals surface area contributed by atoms with Gasteiger partial charge in [0, 0.05) is 16.3 Å². The molecule has 0 bridgehead atoms. The van der Waals surface area contributed by atoms with Crippen LogP contribution in [-0.2, 0) is 13.0 Å². The van der Waals surface area contributed by atoms with Gasteiger partial charge >= 0.3 is 0 Å².